The van der Waals surface area contributed by atoms with E-state index >= 15 is 0 Å². The third kappa shape index (κ3) is 4.92. The fourth-order valence-electron chi connectivity index (χ4n) is 3.65. The lowest BCUT2D eigenvalue weighted by Crippen LogP contribution is -2.53. The fraction of sp³-hybridized carbons (Fsp3) is 0.526. The maximum absolute atomic E-state index is 14.6. The van der Waals surface area contributed by atoms with Gasteiger partial charge in [0.15, 0.2) is 17.4 Å². The summed E-state index contributed by atoms with van der Waals surface area (Å²) >= 11 is 0. The van der Waals surface area contributed by atoms with E-state index in [0.29, 0.717) is 31.6 Å². The van der Waals surface area contributed by atoms with Gasteiger partial charge in [0.2, 0.25) is 0 Å². The van der Waals surface area contributed by atoms with Crippen molar-refractivity contribution < 1.29 is 19.2 Å². The minimum atomic E-state index is -0.876. The highest BCUT2D eigenvalue weighted by molar-refractivity contribution is 5.93. The zero-order valence-corrected chi connectivity index (χ0v) is 15.7. The molecule has 0 radical (unpaired) electrons. The number of ketones is 1. The molecule has 0 saturated carbocycles. The van der Waals surface area contributed by atoms with Gasteiger partial charge in [-0.25, -0.2) is 14.9 Å². The summed E-state index contributed by atoms with van der Waals surface area (Å²) in [6.07, 6.45) is 7.77. The van der Waals surface area contributed by atoms with Crippen LogP contribution >= 0.6 is 0 Å². The lowest BCUT2D eigenvalue weighted by atomic mass is 9.91. The van der Waals surface area contributed by atoms with Gasteiger partial charge in [-0.1, -0.05) is 6.42 Å². The predicted molar refractivity (Wildman–Crippen MR) is 102 cm³/mol. The lowest BCUT2D eigenvalue weighted by Gasteiger charge is -2.33. The molecule has 0 aliphatic carbocycles. The maximum Gasteiger partial charge on any atom is 0.267 e. The number of nitrogens with zero attached hydrogens (tertiary/aromatic N) is 2. The summed E-state index contributed by atoms with van der Waals surface area (Å²) in [6, 6.07) is 1.22. The number of halogens is 1. The molecule has 2 fully saturated rings. The van der Waals surface area contributed by atoms with Crippen molar-refractivity contribution in [3.63, 3.8) is 0 Å². The summed E-state index contributed by atoms with van der Waals surface area (Å²) < 4.78 is 14.6. The first-order valence-corrected chi connectivity index (χ1v) is 9.55. The van der Waals surface area contributed by atoms with Crippen LogP contribution in [0.25, 0.3) is 6.08 Å². The standard InChI is InChI=1S/C19H26FN5O3/c20-15-10-14(4-5-17(27)24-28)11-22-18(15)23-19(6-7-21-13-19)16(26)12-25-8-2-1-3-9-25/h4-5,10-11,21,28H,1-3,6-9,12-13H2,(H,22,23)(H,24,27)/b5-4+/t19-/m1/s1. The molecular formula is C19H26FN5O3. The van der Waals surface area contributed by atoms with Gasteiger partial charge < -0.3 is 10.6 Å². The van der Waals surface area contributed by atoms with E-state index < -0.39 is 17.3 Å². The van der Waals surface area contributed by atoms with Crippen molar-refractivity contribution in [3.8, 4) is 0 Å². The van der Waals surface area contributed by atoms with E-state index in [4.69, 9.17) is 5.21 Å². The quantitative estimate of drug-likeness (QED) is 0.311. The van der Waals surface area contributed by atoms with E-state index in [-0.39, 0.29) is 11.6 Å². The molecule has 0 bridgehead atoms. The normalized spacial score (nSPS) is 23.1. The first-order valence-electron chi connectivity index (χ1n) is 9.55. The molecule has 3 heterocycles. The van der Waals surface area contributed by atoms with E-state index in [2.05, 4.69) is 20.5 Å². The van der Waals surface area contributed by atoms with Crippen molar-refractivity contribution >= 4 is 23.6 Å². The second-order valence-corrected chi connectivity index (χ2v) is 7.30. The number of amides is 1. The molecule has 1 aromatic rings. The summed E-state index contributed by atoms with van der Waals surface area (Å²) in [7, 11) is 0. The number of anilines is 1. The van der Waals surface area contributed by atoms with Crippen LogP contribution in [-0.4, -0.2) is 65.0 Å². The number of likely N-dealkylation sites (tertiary alicyclic amines) is 1. The third-order valence-corrected chi connectivity index (χ3v) is 5.26. The Kier molecular flexibility index (Phi) is 6.71. The number of hydrogen-bond acceptors (Lipinski definition) is 7. The summed E-state index contributed by atoms with van der Waals surface area (Å²) in [5.74, 6) is -1.27. The highest BCUT2D eigenvalue weighted by atomic mass is 19.1. The molecule has 0 spiro atoms. The Labute approximate surface area is 163 Å². The average Bonchev–Trinajstić information content (AvgIpc) is 3.18. The first kappa shape index (κ1) is 20.4. The maximum atomic E-state index is 14.6. The van der Waals surface area contributed by atoms with Crippen molar-refractivity contribution in [2.45, 2.75) is 31.2 Å². The van der Waals surface area contributed by atoms with Crippen molar-refractivity contribution in [2.75, 3.05) is 38.0 Å². The molecule has 0 unspecified atom stereocenters. The summed E-state index contributed by atoms with van der Waals surface area (Å²) in [5, 5.41) is 14.7. The van der Waals surface area contributed by atoms with E-state index in [1.807, 2.05) is 0 Å². The molecule has 1 amide bonds. The van der Waals surface area contributed by atoms with Gasteiger partial charge in [-0.15, -0.1) is 0 Å². The van der Waals surface area contributed by atoms with Crippen LogP contribution < -0.4 is 16.1 Å². The van der Waals surface area contributed by atoms with Crippen molar-refractivity contribution in [3.05, 3.63) is 29.7 Å². The minimum Gasteiger partial charge on any atom is -0.354 e. The molecule has 2 saturated heterocycles. The monoisotopic (exact) mass is 391 g/mol. The Morgan fingerprint density at radius 1 is 1.36 bits per heavy atom. The molecule has 2 aliphatic heterocycles. The Morgan fingerprint density at radius 2 is 2.14 bits per heavy atom. The third-order valence-electron chi connectivity index (χ3n) is 5.26. The number of aromatic nitrogens is 1. The van der Waals surface area contributed by atoms with Crippen LogP contribution in [0.5, 0.6) is 0 Å². The van der Waals surface area contributed by atoms with Gasteiger partial charge >= 0.3 is 0 Å². The van der Waals surface area contributed by atoms with Crippen LogP contribution in [0.2, 0.25) is 0 Å². The Hall–Kier alpha value is -2.36. The van der Waals surface area contributed by atoms with Crippen LogP contribution in [0, 0.1) is 5.82 Å². The van der Waals surface area contributed by atoms with Crippen LogP contribution in [0.3, 0.4) is 0 Å². The number of piperidine rings is 1. The minimum absolute atomic E-state index is 0.0134. The number of nitrogens with one attached hydrogen (secondary N) is 3. The molecule has 2 aliphatic rings. The Morgan fingerprint density at radius 3 is 2.79 bits per heavy atom. The molecule has 4 N–H and O–H groups in total. The molecule has 1 atom stereocenters. The van der Waals surface area contributed by atoms with Crippen LogP contribution in [0.1, 0.15) is 31.2 Å². The highest BCUT2D eigenvalue weighted by Gasteiger charge is 2.42. The highest BCUT2D eigenvalue weighted by Crippen LogP contribution is 2.25. The number of hydrogen-bond donors (Lipinski definition) is 4. The summed E-state index contributed by atoms with van der Waals surface area (Å²) in [5.41, 5.74) is 0.950. The molecule has 152 valence electrons. The number of rotatable bonds is 7. The van der Waals surface area contributed by atoms with Gasteiger partial charge in [-0.2, -0.15) is 0 Å². The number of carbonyl (C=O) groups excluding carboxylic acids is 2. The zero-order chi connectivity index (χ0) is 20.0. The topological polar surface area (TPSA) is 107 Å². The lowest BCUT2D eigenvalue weighted by molar-refractivity contribution is -0.124. The summed E-state index contributed by atoms with van der Waals surface area (Å²) in [4.78, 5) is 30.3. The number of carbonyl (C=O) groups is 2. The average molecular weight is 391 g/mol. The predicted octanol–water partition coefficient (Wildman–Crippen LogP) is 0.938. The van der Waals surface area contributed by atoms with Gasteiger partial charge in [-0.3, -0.25) is 19.7 Å². The molecule has 8 nitrogen and oxygen atoms in total. The van der Waals surface area contributed by atoms with Crippen molar-refractivity contribution in [2.24, 2.45) is 0 Å². The molecule has 28 heavy (non-hydrogen) atoms. The second-order valence-electron chi connectivity index (χ2n) is 7.30. The molecule has 9 heteroatoms. The fourth-order valence-corrected chi connectivity index (χ4v) is 3.65. The molecule has 0 aromatic carbocycles. The second kappa shape index (κ2) is 9.22. The van der Waals surface area contributed by atoms with Crippen LogP contribution in [-0.2, 0) is 9.59 Å². The first-order chi connectivity index (χ1) is 13.5. The van der Waals surface area contributed by atoms with Gasteiger partial charge in [-0.05, 0) is 56.6 Å². The number of pyridine rings is 1. The van der Waals surface area contributed by atoms with Gasteiger partial charge in [0.05, 0.1) is 6.54 Å². The van der Waals surface area contributed by atoms with Crippen LogP contribution in [0.15, 0.2) is 18.3 Å². The summed E-state index contributed by atoms with van der Waals surface area (Å²) in [6.45, 7) is 3.30. The molecule has 3 rings (SSSR count). The molecule has 1 aromatic heterocycles. The zero-order valence-electron chi connectivity index (χ0n) is 15.7. The SMILES string of the molecule is O=C(/C=C/c1cnc(N[C@]2(C(=O)CN3CCCCC3)CCNC2)c(F)c1)NO. The number of Topliss-reactive ketones (excluding diaryl/α,β-unsaturated/α-hetero) is 1. The smallest absolute Gasteiger partial charge is 0.267 e. The van der Waals surface area contributed by atoms with Gasteiger partial charge in [0, 0.05) is 18.8 Å². The number of hydroxylamine groups is 1. The van der Waals surface area contributed by atoms with E-state index in [1.54, 1.807) is 0 Å². The van der Waals surface area contributed by atoms with Crippen molar-refractivity contribution in [1.82, 2.24) is 20.7 Å². The van der Waals surface area contributed by atoms with Crippen molar-refractivity contribution in [1.29, 1.82) is 0 Å². The Bertz CT molecular complexity index is 743. The van der Waals surface area contributed by atoms with E-state index in [0.717, 1.165) is 32.0 Å². The van der Waals surface area contributed by atoms with Gasteiger partial charge in [0.25, 0.3) is 5.91 Å². The van der Waals surface area contributed by atoms with Gasteiger partial charge in [0.1, 0.15) is 5.54 Å². The van der Waals surface area contributed by atoms with Crippen LogP contribution in [0.4, 0.5) is 10.2 Å². The largest absolute Gasteiger partial charge is 0.354 e. The molecular weight excluding hydrogens is 365 g/mol. The van der Waals surface area contributed by atoms with E-state index in [1.165, 1.54) is 30.2 Å². The Balaban J connectivity index is 1.72. The van der Waals surface area contributed by atoms with E-state index in [9.17, 15) is 14.0 Å².